The Labute approximate surface area is 160 Å². The molecule has 0 radical (unpaired) electrons. The van der Waals surface area contributed by atoms with Crippen molar-refractivity contribution in [3.05, 3.63) is 71.2 Å². The number of amides is 2. The molecule has 0 saturated carbocycles. The first-order chi connectivity index (χ1) is 13.3. The van der Waals surface area contributed by atoms with Crippen LogP contribution in [0.4, 0.5) is 20.2 Å². The van der Waals surface area contributed by atoms with Crippen molar-refractivity contribution in [2.24, 2.45) is 0 Å². The summed E-state index contributed by atoms with van der Waals surface area (Å²) >= 11 is 0. The summed E-state index contributed by atoms with van der Waals surface area (Å²) in [7, 11) is 0. The fraction of sp³-hybridized carbons (Fsp3) is 0.150. The van der Waals surface area contributed by atoms with Crippen molar-refractivity contribution >= 4 is 23.2 Å². The van der Waals surface area contributed by atoms with Crippen molar-refractivity contribution in [2.75, 3.05) is 10.6 Å². The van der Waals surface area contributed by atoms with Crippen LogP contribution in [-0.4, -0.2) is 21.4 Å². The van der Waals surface area contributed by atoms with Crippen molar-refractivity contribution in [1.29, 1.82) is 0 Å². The standard InChI is InChI=1S/C20H18F2N4O2/c1-11-8-14(12(2)26(11)19-6-4-5-7-23-19)20(28)25-18-10-17(24-13(3)27)15(21)9-16(18)22/h4-10H,1-3H3,(H,24,27)(H,25,28). The predicted octanol–water partition coefficient (Wildman–Crippen LogP) is 3.98. The van der Waals surface area contributed by atoms with Gasteiger partial charge in [0.25, 0.3) is 5.91 Å². The lowest BCUT2D eigenvalue weighted by Gasteiger charge is -2.11. The van der Waals surface area contributed by atoms with E-state index in [1.165, 1.54) is 6.92 Å². The van der Waals surface area contributed by atoms with E-state index < -0.39 is 23.4 Å². The van der Waals surface area contributed by atoms with Gasteiger partial charge in [-0.3, -0.25) is 9.59 Å². The lowest BCUT2D eigenvalue weighted by molar-refractivity contribution is -0.114. The van der Waals surface area contributed by atoms with Crippen LogP contribution in [0.25, 0.3) is 5.82 Å². The molecule has 0 bridgehead atoms. The summed E-state index contributed by atoms with van der Waals surface area (Å²) in [4.78, 5) is 28.1. The molecule has 0 unspecified atom stereocenters. The van der Waals surface area contributed by atoms with E-state index in [0.717, 1.165) is 11.8 Å². The smallest absolute Gasteiger partial charge is 0.257 e. The van der Waals surface area contributed by atoms with Crippen LogP contribution in [0.15, 0.2) is 42.6 Å². The third kappa shape index (κ3) is 3.75. The minimum Gasteiger partial charge on any atom is -0.324 e. The predicted molar refractivity (Wildman–Crippen MR) is 102 cm³/mol. The average Bonchev–Trinajstić information content (AvgIpc) is 2.94. The molecule has 2 N–H and O–H groups in total. The Bertz CT molecular complexity index is 1060. The van der Waals surface area contributed by atoms with Crippen molar-refractivity contribution in [1.82, 2.24) is 9.55 Å². The van der Waals surface area contributed by atoms with Crippen molar-refractivity contribution in [2.45, 2.75) is 20.8 Å². The molecule has 0 saturated heterocycles. The number of benzene rings is 1. The molecule has 3 rings (SSSR count). The van der Waals surface area contributed by atoms with E-state index in [1.54, 1.807) is 35.9 Å². The molecule has 6 nitrogen and oxygen atoms in total. The number of hydrogen-bond acceptors (Lipinski definition) is 3. The summed E-state index contributed by atoms with van der Waals surface area (Å²) in [6, 6.07) is 8.74. The van der Waals surface area contributed by atoms with Gasteiger partial charge in [-0.2, -0.15) is 0 Å². The number of nitrogens with one attached hydrogen (secondary N) is 2. The zero-order valence-electron chi connectivity index (χ0n) is 15.5. The number of nitrogens with zero attached hydrogens (tertiary/aromatic N) is 2. The molecule has 28 heavy (non-hydrogen) atoms. The maximum Gasteiger partial charge on any atom is 0.257 e. The van der Waals surface area contributed by atoms with Crippen LogP contribution in [0, 0.1) is 25.5 Å². The maximum atomic E-state index is 14.1. The van der Waals surface area contributed by atoms with Crippen molar-refractivity contribution in [3.63, 3.8) is 0 Å². The average molecular weight is 384 g/mol. The Morgan fingerprint density at radius 1 is 1.00 bits per heavy atom. The molecule has 2 heterocycles. The molecule has 144 valence electrons. The topological polar surface area (TPSA) is 76.0 Å². The van der Waals surface area contributed by atoms with E-state index >= 15 is 0 Å². The maximum absolute atomic E-state index is 14.1. The number of halogens is 2. The van der Waals surface area contributed by atoms with Crippen LogP contribution in [0.2, 0.25) is 0 Å². The van der Waals surface area contributed by atoms with Crippen LogP contribution in [0.1, 0.15) is 28.7 Å². The summed E-state index contributed by atoms with van der Waals surface area (Å²) in [5.41, 5.74) is 1.27. The molecule has 2 aromatic heterocycles. The van der Waals surface area contributed by atoms with Gasteiger partial charge < -0.3 is 15.2 Å². The van der Waals surface area contributed by atoms with E-state index in [-0.39, 0.29) is 11.4 Å². The van der Waals surface area contributed by atoms with Crippen molar-refractivity contribution in [3.8, 4) is 5.82 Å². The van der Waals surface area contributed by atoms with E-state index in [4.69, 9.17) is 0 Å². The Balaban J connectivity index is 1.93. The van der Waals surface area contributed by atoms with Crippen LogP contribution in [0.5, 0.6) is 0 Å². The molecular formula is C20H18F2N4O2. The molecule has 2 amide bonds. The first kappa shape index (κ1) is 19.2. The molecule has 8 heteroatoms. The number of carbonyl (C=O) groups excluding carboxylic acids is 2. The van der Waals surface area contributed by atoms with E-state index in [9.17, 15) is 18.4 Å². The number of hydrogen-bond donors (Lipinski definition) is 2. The van der Waals surface area contributed by atoms with E-state index in [2.05, 4.69) is 15.6 Å². The molecule has 0 atom stereocenters. The summed E-state index contributed by atoms with van der Waals surface area (Å²) in [5.74, 6) is -2.30. The highest BCUT2D eigenvalue weighted by molar-refractivity contribution is 6.06. The lowest BCUT2D eigenvalue weighted by Crippen LogP contribution is -2.15. The highest BCUT2D eigenvalue weighted by Crippen LogP contribution is 2.25. The molecule has 0 fully saturated rings. The highest BCUT2D eigenvalue weighted by Gasteiger charge is 2.19. The number of anilines is 2. The van der Waals surface area contributed by atoms with E-state index in [1.807, 2.05) is 13.0 Å². The third-order valence-corrected chi connectivity index (χ3v) is 4.17. The van der Waals surface area contributed by atoms with Crippen LogP contribution in [0.3, 0.4) is 0 Å². The fourth-order valence-corrected chi connectivity index (χ4v) is 2.95. The molecule has 0 aliphatic rings. The molecule has 1 aromatic carbocycles. The number of carbonyl (C=O) groups is 2. The second-order valence-electron chi connectivity index (χ2n) is 6.26. The minimum absolute atomic E-state index is 0.219. The zero-order chi connectivity index (χ0) is 20.4. The van der Waals surface area contributed by atoms with Crippen LogP contribution in [-0.2, 0) is 4.79 Å². The Kier molecular flexibility index (Phi) is 5.21. The highest BCUT2D eigenvalue weighted by atomic mass is 19.1. The van der Waals surface area contributed by atoms with Gasteiger partial charge in [0.2, 0.25) is 5.91 Å². The monoisotopic (exact) mass is 384 g/mol. The minimum atomic E-state index is -0.946. The number of aryl methyl sites for hydroxylation is 1. The number of rotatable bonds is 4. The Morgan fingerprint density at radius 3 is 2.29 bits per heavy atom. The SMILES string of the molecule is CC(=O)Nc1cc(NC(=O)c2cc(C)n(-c3ccccn3)c2C)c(F)cc1F. The molecule has 0 aliphatic carbocycles. The fourth-order valence-electron chi connectivity index (χ4n) is 2.95. The van der Waals surface area contributed by atoms with Gasteiger partial charge in [-0.1, -0.05) is 6.07 Å². The van der Waals surface area contributed by atoms with Gasteiger partial charge >= 0.3 is 0 Å². The molecular weight excluding hydrogens is 366 g/mol. The summed E-state index contributed by atoms with van der Waals surface area (Å²) in [6.45, 7) is 4.78. The van der Waals surface area contributed by atoms with Gasteiger partial charge in [-0.05, 0) is 38.1 Å². The second kappa shape index (κ2) is 7.59. The molecule has 0 aliphatic heterocycles. The quantitative estimate of drug-likeness (QED) is 0.714. The zero-order valence-corrected chi connectivity index (χ0v) is 15.5. The van der Waals surface area contributed by atoms with Crippen molar-refractivity contribution < 1.29 is 18.4 Å². The van der Waals surface area contributed by atoms with Gasteiger partial charge in [-0.25, -0.2) is 13.8 Å². The molecule has 0 spiro atoms. The van der Waals surface area contributed by atoms with Crippen LogP contribution >= 0.6 is 0 Å². The summed E-state index contributed by atoms with van der Waals surface area (Å²) in [5, 5.41) is 4.69. The third-order valence-electron chi connectivity index (χ3n) is 4.17. The lowest BCUT2D eigenvalue weighted by atomic mass is 10.2. The van der Waals surface area contributed by atoms with Gasteiger partial charge in [0.05, 0.1) is 16.9 Å². The van der Waals surface area contributed by atoms with Gasteiger partial charge in [0.15, 0.2) is 0 Å². The van der Waals surface area contributed by atoms with Crippen LogP contribution < -0.4 is 10.6 Å². The first-order valence-corrected chi connectivity index (χ1v) is 8.46. The van der Waals surface area contributed by atoms with Gasteiger partial charge in [-0.15, -0.1) is 0 Å². The van der Waals surface area contributed by atoms with E-state index in [0.29, 0.717) is 23.1 Å². The first-order valence-electron chi connectivity index (χ1n) is 8.46. The van der Waals surface area contributed by atoms with Gasteiger partial charge in [0.1, 0.15) is 17.5 Å². The Hall–Kier alpha value is -3.55. The second-order valence-corrected chi connectivity index (χ2v) is 6.26. The summed E-state index contributed by atoms with van der Waals surface area (Å²) < 4.78 is 29.7. The largest absolute Gasteiger partial charge is 0.324 e. The normalized spacial score (nSPS) is 10.6. The number of aromatic nitrogens is 2. The Morgan fingerprint density at radius 2 is 1.68 bits per heavy atom. The summed E-state index contributed by atoms with van der Waals surface area (Å²) in [6.07, 6.45) is 1.64. The number of pyridine rings is 1. The van der Waals surface area contributed by atoms with Gasteiger partial charge in [0, 0.05) is 30.6 Å². The molecule has 3 aromatic rings.